The van der Waals surface area contributed by atoms with Gasteiger partial charge in [0, 0.05) is 0 Å². The molecule has 0 aliphatic carbocycles. The number of fused-ring (bicyclic) bond motifs is 1. The van der Waals surface area contributed by atoms with Crippen LogP contribution in [0.1, 0.15) is 0 Å². The van der Waals surface area contributed by atoms with E-state index in [2.05, 4.69) is 0 Å². The van der Waals surface area contributed by atoms with Crippen molar-refractivity contribution in [2.24, 2.45) is 0 Å². The quantitative estimate of drug-likeness (QED) is 0.535. The highest BCUT2D eigenvalue weighted by atomic mass is 16.6. The second-order valence-electron chi connectivity index (χ2n) is 5.68. The molecule has 0 N–H and O–H groups in total. The average molecular weight is 332 g/mol. The van der Waals surface area contributed by atoms with E-state index in [-0.39, 0.29) is 6.61 Å². The molecule has 4 rings (SSSR count). The Balaban J connectivity index is 1.43. The predicted octanol–water partition coefficient (Wildman–Crippen LogP) is 4.10. The van der Waals surface area contributed by atoms with Gasteiger partial charge in [-0.05, 0) is 35.4 Å². The van der Waals surface area contributed by atoms with Gasteiger partial charge in [-0.15, -0.1) is 0 Å². The zero-order valence-corrected chi connectivity index (χ0v) is 13.4. The van der Waals surface area contributed by atoms with Crippen LogP contribution < -0.4 is 14.2 Å². The lowest BCUT2D eigenvalue weighted by molar-refractivity contribution is -0.144. The normalized spacial score (nSPS) is 15.4. The highest BCUT2D eigenvalue weighted by Gasteiger charge is 2.29. The van der Waals surface area contributed by atoms with E-state index < -0.39 is 12.1 Å². The van der Waals surface area contributed by atoms with Crippen LogP contribution >= 0.6 is 0 Å². The van der Waals surface area contributed by atoms with E-state index in [0.29, 0.717) is 17.2 Å². The Bertz CT molecular complexity index is 872. The molecule has 4 heteroatoms. The minimum atomic E-state index is -0.774. The Morgan fingerprint density at radius 3 is 2.20 bits per heavy atom. The van der Waals surface area contributed by atoms with Gasteiger partial charge < -0.3 is 14.2 Å². The minimum absolute atomic E-state index is 0.137. The van der Waals surface area contributed by atoms with E-state index >= 15 is 0 Å². The van der Waals surface area contributed by atoms with Gasteiger partial charge in [0.25, 0.3) is 0 Å². The summed E-state index contributed by atoms with van der Waals surface area (Å²) in [6.45, 7) is 0.137. The topological polar surface area (TPSA) is 44.8 Å². The van der Waals surface area contributed by atoms with Crippen LogP contribution in [-0.4, -0.2) is 18.7 Å². The van der Waals surface area contributed by atoms with Crippen LogP contribution in [0.5, 0.6) is 17.2 Å². The average Bonchev–Trinajstić information content (AvgIpc) is 2.69. The Labute approximate surface area is 145 Å². The SMILES string of the molecule is O=C(Oc1ccc(-c2ccccc2)cc1)C1COc2ccccc2O1. The van der Waals surface area contributed by atoms with E-state index in [1.54, 1.807) is 24.3 Å². The first-order valence-electron chi connectivity index (χ1n) is 8.05. The van der Waals surface area contributed by atoms with Gasteiger partial charge in [-0.1, -0.05) is 54.6 Å². The summed E-state index contributed by atoms with van der Waals surface area (Å²) in [4.78, 5) is 12.3. The molecule has 1 atom stereocenters. The molecule has 0 fully saturated rings. The standard InChI is InChI=1S/C21H16O4/c22-21(20-14-23-18-8-4-5-9-19(18)25-20)24-17-12-10-16(11-13-17)15-6-2-1-3-7-15/h1-13,20H,14H2. The second-order valence-corrected chi connectivity index (χ2v) is 5.68. The maximum atomic E-state index is 12.3. The number of para-hydroxylation sites is 2. The maximum absolute atomic E-state index is 12.3. The fourth-order valence-corrected chi connectivity index (χ4v) is 2.66. The Kier molecular flexibility index (Phi) is 4.09. The highest BCUT2D eigenvalue weighted by molar-refractivity contribution is 5.78. The lowest BCUT2D eigenvalue weighted by atomic mass is 10.1. The number of hydrogen-bond donors (Lipinski definition) is 0. The number of rotatable bonds is 3. The summed E-state index contributed by atoms with van der Waals surface area (Å²) in [6, 6.07) is 24.7. The minimum Gasteiger partial charge on any atom is -0.485 e. The lowest BCUT2D eigenvalue weighted by Gasteiger charge is -2.24. The van der Waals surface area contributed by atoms with Crippen molar-refractivity contribution < 1.29 is 19.0 Å². The molecule has 0 radical (unpaired) electrons. The number of hydrogen-bond acceptors (Lipinski definition) is 4. The van der Waals surface area contributed by atoms with E-state index in [1.165, 1.54) is 0 Å². The molecular formula is C21H16O4. The summed E-state index contributed by atoms with van der Waals surface area (Å²) in [5.41, 5.74) is 2.17. The van der Waals surface area contributed by atoms with Gasteiger partial charge in [0.1, 0.15) is 12.4 Å². The molecule has 0 aromatic heterocycles. The molecule has 0 saturated heterocycles. The molecule has 0 spiro atoms. The molecule has 3 aromatic carbocycles. The van der Waals surface area contributed by atoms with E-state index in [9.17, 15) is 4.79 Å². The number of ether oxygens (including phenoxy) is 3. The third-order valence-corrected chi connectivity index (χ3v) is 3.95. The maximum Gasteiger partial charge on any atom is 0.356 e. The van der Waals surface area contributed by atoms with Crippen molar-refractivity contribution in [3.8, 4) is 28.4 Å². The second kappa shape index (κ2) is 6.69. The third-order valence-electron chi connectivity index (χ3n) is 3.95. The first kappa shape index (κ1) is 15.3. The summed E-state index contributed by atoms with van der Waals surface area (Å²) in [5, 5.41) is 0. The highest BCUT2D eigenvalue weighted by Crippen LogP contribution is 2.31. The molecule has 0 amide bonds. The van der Waals surface area contributed by atoms with Crippen molar-refractivity contribution in [1.29, 1.82) is 0 Å². The molecule has 0 saturated carbocycles. The van der Waals surface area contributed by atoms with Crippen LogP contribution in [0.4, 0.5) is 0 Å². The Morgan fingerprint density at radius 2 is 1.44 bits per heavy atom. The van der Waals surface area contributed by atoms with Crippen LogP contribution in [0.2, 0.25) is 0 Å². The lowest BCUT2D eigenvalue weighted by Crippen LogP contribution is -2.39. The van der Waals surface area contributed by atoms with Gasteiger partial charge in [0.05, 0.1) is 0 Å². The molecule has 25 heavy (non-hydrogen) atoms. The molecule has 1 heterocycles. The van der Waals surface area contributed by atoms with Gasteiger partial charge in [-0.25, -0.2) is 4.79 Å². The van der Waals surface area contributed by atoms with E-state index in [0.717, 1.165) is 11.1 Å². The van der Waals surface area contributed by atoms with Crippen LogP contribution in [-0.2, 0) is 4.79 Å². The van der Waals surface area contributed by atoms with E-state index in [4.69, 9.17) is 14.2 Å². The smallest absolute Gasteiger partial charge is 0.356 e. The molecule has 0 bridgehead atoms. The van der Waals surface area contributed by atoms with Crippen LogP contribution in [0.25, 0.3) is 11.1 Å². The molecule has 4 nitrogen and oxygen atoms in total. The molecule has 1 unspecified atom stereocenters. The summed E-state index contributed by atoms with van der Waals surface area (Å²) in [5.74, 6) is 1.20. The van der Waals surface area contributed by atoms with Gasteiger partial charge in [0.15, 0.2) is 11.5 Å². The Hall–Kier alpha value is -3.27. The van der Waals surface area contributed by atoms with Crippen molar-refractivity contribution in [1.82, 2.24) is 0 Å². The summed E-state index contributed by atoms with van der Waals surface area (Å²) in [7, 11) is 0. The van der Waals surface area contributed by atoms with Crippen LogP contribution in [0, 0.1) is 0 Å². The zero-order valence-electron chi connectivity index (χ0n) is 13.4. The summed E-state index contributed by atoms with van der Waals surface area (Å²) in [6.07, 6.45) is -0.774. The number of esters is 1. The van der Waals surface area contributed by atoms with Gasteiger partial charge in [-0.2, -0.15) is 0 Å². The van der Waals surface area contributed by atoms with Crippen LogP contribution in [0.15, 0.2) is 78.9 Å². The summed E-state index contributed by atoms with van der Waals surface area (Å²) < 4.78 is 16.6. The first-order chi connectivity index (χ1) is 12.3. The largest absolute Gasteiger partial charge is 0.485 e. The number of benzene rings is 3. The predicted molar refractivity (Wildman–Crippen MR) is 93.9 cm³/mol. The van der Waals surface area contributed by atoms with Crippen molar-refractivity contribution in [3.05, 3.63) is 78.9 Å². The third kappa shape index (κ3) is 3.33. The molecular weight excluding hydrogens is 316 g/mol. The van der Waals surface area contributed by atoms with Crippen LogP contribution in [0.3, 0.4) is 0 Å². The monoisotopic (exact) mass is 332 g/mol. The van der Waals surface area contributed by atoms with Crippen molar-refractivity contribution in [2.75, 3.05) is 6.61 Å². The molecule has 1 aliphatic heterocycles. The molecule has 3 aromatic rings. The van der Waals surface area contributed by atoms with E-state index in [1.807, 2.05) is 54.6 Å². The van der Waals surface area contributed by atoms with Crippen molar-refractivity contribution >= 4 is 5.97 Å². The molecule has 1 aliphatic rings. The number of carbonyl (C=O) groups is 1. The summed E-state index contributed by atoms with van der Waals surface area (Å²) >= 11 is 0. The van der Waals surface area contributed by atoms with Gasteiger partial charge in [0.2, 0.25) is 6.10 Å². The fraction of sp³-hybridized carbons (Fsp3) is 0.0952. The fourth-order valence-electron chi connectivity index (χ4n) is 2.66. The number of carbonyl (C=O) groups excluding carboxylic acids is 1. The Morgan fingerprint density at radius 1 is 0.800 bits per heavy atom. The van der Waals surface area contributed by atoms with Gasteiger partial charge >= 0.3 is 5.97 Å². The van der Waals surface area contributed by atoms with Crippen molar-refractivity contribution in [3.63, 3.8) is 0 Å². The molecule has 124 valence electrons. The zero-order chi connectivity index (χ0) is 17.1. The first-order valence-corrected chi connectivity index (χ1v) is 8.05. The van der Waals surface area contributed by atoms with Gasteiger partial charge in [-0.3, -0.25) is 0 Å². The van der Waals surface area contributed by atoms with Crippen molar-refractivity contribution in [2.45, 2.75) is 6.10 Å².